The zero-order valence-electron chi connectivity index (χ0n) is 14.8. The van der Waals surface area contributed by atoms with Crippen LogP contribution in [-0.2, 0) is 22.6 Å². The van der Waals surface area contributed by atoms with Crippen LogP contribution in [0.3, 0.4) is 0 Å². The molecule has 5 rings (SSSR count). The Morgan fingerprint density at radius 3 is 2.67 bits per heavy atom. The first-order valence-electron chi connectivity index (χ1n) is 9.15. The molecule has 0 radical (unpaired) electrons. The minimum atomic E-state index is -0.992. The molecular formula is C21H19N3O3. The third kappa shape index (κ3) is 2.36. The van der Waals surface area contributed by atoms with Crippen molar-refractivity contribution in [3.63, 3.8) is 0 Å². The van der Waals surface area contributed by atoms with Crippen LogP contribution in [0.4, 0.5) is 0 Å². The normalized spacial score (nSPS) is 17.6. The van der Waals surface area contributed by atoms with Gasteiger partial charge in [-0.05, 0) is 23.6 Å². The Morgan fingerprint density at radius 2 is 1.89 bits per heavy atom. The molecule has 0 unspecified atom stereocenters. The van der Waals surface area contributed by atoms with Crippen molar-refractivity contribution in [2.75, 3.05) is 6.54 Å². The molecular weight excluding hydrogens is 342 g/mol. The van der Waals surface area contributed by atoms with Gasteiger partial charge in [0.15, 0.2) is 0 Å². The van der Waals surface area contributed by atoms with Gasteiger partial charge >= 0.3 is 0 Å². The first-order valence-corrected chi connectivity index (χ1v) is 9.15. The molecule has 2 aromatic carbocycles. The predicted molar refractivity (Wildman–Crippen MR) is 99.4 cm³/mol. The summed E-state index contributed by atoms with van der Waals surface area (Å²) in [5.41, 5.74) is 7.17. The van der Waals surface area contributed by atoms with Gasteiger partial charge < -0.3 is 15.2 Å². The summed E-state index contributed by atoms with van der Waals surface area (Å²) in [6, 6.07) is 14.2. The summed E-state index contributed by atoms with van der Waals surface area (Å²) >= 11 is 0. The second kappa shape index (κ2) is 5.67. The fourth-order valence-electron chi connectivity index (χ4n) is 4.02. The van der Waals surface area contributed by atoms with Crippen LogP contribution in [0.2, 0.25) is 0 Å². The summed E-state index contributed by atoms with van der Waals surface area (Å²) < 4.78 is 5.59. The molecule has 1 fully saturated rings. The van der Waals surface area contributed by atoms with Gasteiger partial charge in [-0.3, -0.25) is 9.59 Å². The van der Waals surface area contributed by atoms with Gasteiger partial charge in [0.05, 0.1) is 6.54 Å². The van der Waals surface area contributed by atoms with Gasteiger partial charge in [0, 0.05) is 24.1 Å². The zero-order valence-corrected chi connectivity index (χ0v) is 14.8. The average molecular weight is 361 g/mol. The van der Waals surface area contributed by atoms with E-state index in [1.165, 1.54) is 0 Å². The molecule has 0 bridgehead atoms. The highest BCUT2D eigenvalue weighted by Crippen LogP contribution is 2.47. The highest BCUT2D eigenvalue weighted by molar-refractivity contribution is 6.07. The number of hydrogen-bond donors (Lipinski definition) is 1. The summed E-state index contributed by atoms with van der Waals surface area (Å²) in [6.45, 7) is 0.913. The van der Waals surface area contributed by atoms with Gasteiger partial charge in [0.25, 0.3) is 0 Å². The molecule has 0 spiro atoms. The molecule has 1 aliphatic heterocycles. The Bertz CT molecular complexity index is 1080. The molecule has 6 heteroatoms. The van der Waals surface area contributed by atoms with Crippen molar-refractivity contribution >= 4 is 22.6 Å². The Hall–Kier alpha value is -3.15. The van der Waals surface area contributed by atoms with Crippen molar-refractivity contribution in [2.45, 2.75) is 25.8 Å². The highest BCUT2D eigenvalue weighted by atomic mass is 16.5. The zero-order chi connectivity index (χ0) is 18.6. The molecule has 1 aliphatic carbocycles. The van der Waals surface area contributed by atoms with Crippen LogP contribution < -0.4 is 5.73 Å². The molecule has 6 nitrogen and oxygen atoms in total. The van der Waals surface area contributed by atoms with Crippen molar-refractivity contribution < 1.29 is 14.1 Å². The highest BCUT2D eigenvalue weighted by Gasteiger charge is 2.57. The summed E-state index contributed by atoms with van der Waals surface area (Å²) in [7, 11) is 0. The van der Waals surface area contributed by atoms with Crippen molar-refractivity contribution in [3.8, 4) is 11.3 Å². The lowest BCUT2D eigenvalue weighted by atomic mass is 9.96. The number of rotatable bonds is 3. The summed E-state index contributed by atoms with van der Waals surface area (Å²) in [5, 5.41) is 6.54. The number of nitrogens with two attached hydrogens (primary N) is 1. The minimum Gasteiger partial charge on any atom is -0.369 e. The van der Waals surface area contributed by atoms with Gasteiger partial charge in [0.1, 0.15) is 16.9 Å². The van der Waals surface area contributed by atoms with E-state index in [0.29, 0.717) is 32.4 Å². The van der Waals surface area contributed by atoms with Gasteiger partial charge in [-0.15, -0.1) is 0 Å². The van der Waals surface area contributed by atoms with Crippen molar-refractivity contribution in [1.82, 2.24) is 10.1 Å². The van der Waals surface area contributed by atoms with E-state index in [4.69, 9.17) is 10.3 Å². The van der Waals surface area contributed by atoms with E-state index in [1.54, 1.807) is 4.90 Å². The number of hydrogen-bond acceptors (Lipinski definition) is 4. The standard InChI is InChI=1S/C21H19N3O3/c22-19(25)21(9-10-21)20(26)24-11-8-17-16(12-24)18(23-27-17)15-7-3-5-13-4-1-2-6-14(13)15/h1-7H,8-12H2,(H2,22,25). The molecule has 27 heavy (non-hydrogen) atoms. The molecule has 2 N–H and O–H groups in total. The fraction of sp³-hybridized carbons (Fsp3) is 0.286. The maximum Gasteiger partial charge on any atom is 0.238 e. The topological polar surface area (TPSA) is 89.4 Å². The van der Waals surface area contributed by atoms with E-state index in [-0.39, 0.29) is 5.91 Å². The number of benzene rings is 2. The van der Waals surface area contributed by atoms with Crippen LogP contribution in [0.1, 0.15) is 24.2 Å². The van der Waals surface area contributed by atoms with Crippen LogP contribution in [0, 0.1) is 5.41 Å². The number of nitrogens with zero attached hydrogens (tertiary/aromatic N) is 2. The fourth-order valence-corrected chi connectivity index (χ4v) is 4.02. The monoisotopic (exact) mass is 361 g/mol. The molecule has 136 valence electrons. The molecule has 0 saturated heterocycles. The molecule has 2 aliphatic rings. The van der Waals surface area contributed by atoms with Crippen molar-refractivity contribution in [2.24, 2.45) is 11.1 Å². The average Bonchev–Trinajstić information content (AvgIpc) is 3.41. The number of amides is 2. The maximum atomic E-state index is 12.9. The van der Waals surface area contributed by atoms with Crippen LogP contribution >= 0.6 is 0 Å². The van der Waals surface area contributed by atoms with Crippen LogP contribution in [0.5, 0.6) is 0 Å². The van der Waals surface area contributed by atoms with Gasteiger partial charge in [0.2, 0.25) is 11.8 Å². The molecule has 0 atom stereocenters. The third-order valence-corrected chi connectivity index (χ3v) is 5.79. The number of primary amides is 1. The van der Waals surface area contributed by atoms with Gasteiger partial charge in [-0.2, -0.15) is 0 Å². The van der Waals surface area contributed by atoms with Crippen molar-refractivity contribution in [3.05, 3.63) is 53.8 Å². The molecule has 1 saturated carbocycles. The number of fused-ring (bicyclic) bond motifs is 2. The SMILES string of the molecule is NC(=O)C1(C(=O)N2CCc3onc(-c4cccc5ccccc45)c3C2)CC1. The maximum absolute atomic E-state index is 12.9. The minimum absolute atomic E-state index is 0.161. The van der Waals surface area contributed by atoms with Crippen LogP contribution in [0.25, 0.3) is 22.0 Å². The Kier molecular flexibility index (Phi) is 3.37. The molecule has 1 aromatic heterocycles. The van der Waals surface area contributed by atoms with Crippen molar-refractivity contribution in [1.29, 1.82) is 0 Å². The van der Waals surface area contributed by atoms with E-state index >= 15 is 0 Å². The Labute approximate surface area is 155 Å². The molecule has 2 heterocycles. The summed E-state index contributed by atoms with van der Waals surface area (Å²) in [6.07, 6.45) is 1.68. The number of carbonyl (C=O) groups is 2. The lowest BCUT2D eigenvalue weighted by Gasteiger charge is -2.29. The summed E-state index contributed by atoms with van der Waals surface area (Å²) in [5.74, 6) is 0.134. The van der Waals surface area contributed by atoms with Gasteiger partial charge in [-0.25, -0.2) is 0 Å². The second-order valence-electron chi connectivity index (χ2n) is 7.38. The van der Waals surface area contributed by atoms with E-state index in [9.17, 15) is 9.59 Å². The lowest BCUT2D eigenvalue weighted by Crippen LogP contribution is -2.45. The Balaban J connectivity index is 1.54. The smallest absolute Gasteiger partial charge is 0.238 e. The van der Waals surface area contributed by atoms with Crippen LogP contribution in [-0.4, -0.2) is 28.4 Å². The van der Waals surface area contributed by atoms with E-state index in [0.717, 1.165) is 33.4 Å². The quantitative estimate of drug-likeness (QED) is 0.726. The Morgan fingerprint density at radius 1 is 1.11 bits per heavy atom. The first-order chi connectivity index (χ1) is 13.1. The largest absolute Gasteiger partial charge is 0.369 e. The second-order valence-corrected chi connectivity index (χ2v) is 7.38. The third-order valence-electron chi connectivity index (χ3n) is 5.79. The number of aromatic nitrogens is 1. The first kappa shape index (κ1) is 16.1. The van der Waals surface area contributed by atoms with E-state index in [1.807, 2.05) is 24.3 Å². The van der Waals surface area contributed by atoms with E-state index in [2.05, 4.69) is 23.4 Å². The summed E-state index contributed by atoms with van der Waals surface area (Å²) in [4.78, 5) is 26.4. The number of carbonyl (C=O) groups excluding carboxylic acids is 2. The molecule has 3 aromatic rings. The lowest BCUT2D eigenvalue weighted by molar-refractivity contribution is -0.143. The predicted octanol–water partition coefficient (Wildman–Crippen LogP) is 2.65. The molecule has 2 amide bonds. The van der Waals surface area contributed by atoms with Gasteiger partial charge in [-0.1, -0.05) is 47.6 Å². The van der Waals surface area contributed by atoms with Crippen LogP contribution in [0.15, 0.2) is 47.0 Å². The van der Waals surface area contributed by atoms with E-state index < -0.39 is 11.3 Å².